The van der Waals surface area contributed by atoms with Crippen molar-refractivity contribution in [3.63, 3.8) is 0 Å². The van der Waals surface area contributed by atoms with Crippen molar-refractivity contribution in [1.82, 2.24) is 4.90 Å². The van der Waals surface area contributed by atoms with Crippen LogP contribution in [0.3, 0.4) is 0 Å². The maximum Gasteiger partial charge on any atom is 0.238 e. The van der Waals surface area contributed by atoms with Gasteiger partial charge in [0.05, 0.1) is 12.3 Å². The van der Waals surface area contributed by atoms with E-state index in [2.05, 4.69) is 12.2 Å². The van der Waals surface area contributed by atoms with E-state index in [1.54, 1.807) is 17.0 Å². The number of ether oxygens (including phenoxy) is 1. The van der Waals surface area contributed by atoms with Crippen LogP contribution in [0.5, 0.6) is 5.75 Å². The number of aliphatic imine (C=N–C) groups is 1. The first kappa shape index (κ1) is 22.9. The Kier molecular flexibility index (Phi) is 7.74. The van der Waals surface area contributed by atoms with E-state index in [4.69, 9.17) is 9.73 Å². The summed E-state index contributed by atoms with van der Waals surface area (Å²) in [6.07, 6.45) is 1.08. The average Bonchev–Trinajstić information content (AvgIpc) is 2.75. The Morgan fingerprint density at radius 2 is 1.90 bits per heavy atom. The number of nitrogens with one attached hydrogen (secondary N) is 1. The first-order valence-corrected chi connectivity index (χ1v) is 11.5. The van der Waals surface area contributed by atoms with Crippen molar-refractivity contribution in [2.24, 2.45) is 4.99 Å². The van der Waals surface area contributed by atoms with Crippen molar-refractivity contribution >= 4 is 40.1 Å². The highest BCUT2D eigenvalue weighted by Crippen LogP contribution is 2.30. The molecule has 2 aromatic rings. The summed E-state index contributed by atoms with van der Waals surface area (Å²) in [5.41, 5.74) is 3.78. The molecule has 0 bridgehead atoms. The number of anilines is 1. The number of hydrogen-bond acceptors (Lipinski definition) is 5. The van der Waals surface area contributed by atoms with Crippen LogP contribution in [0.4, 0.5) is 11.4 Å². The van der Waals surface area contributed by atoms with Crippen molar-refractivity contribution < 1.29 is 14.3 Å². The second-order valence-electron chi connectivity index (χ2n) is 7.47. The lowest BCUT2D eigenvalue weighted by Crippen LogP contribution is -2.45. The number of carbonyl (C=O) groups excluding carboxylic acids is 2. The number of benzene rings is 2. The summed E-state index contributed by atoms with van der Waals surface area (Å²) < 4.78 is 5.57. The van der Waals surface area contributed by atoms with Crippen LogP contribution in [0, 0.1) is 13.8 Å². The number of amidine groups is 1. The molecule has 7 heteroatoms. The van der Waals surface area contributed by atoms with Gasteiger partial charge in [-0.3, -0.25) is 14.5 Å². The monoisotopic (exact) mass is 439 g/mol. The van der Waals surface area contributed by atoms with Gasteiger partial charge in [0, 0.05) is 18.7 Å². The molecule has 0 aromatic heterocycles. The van der Waals surface area contributed by atoms with Crippen molar-refractivity contribution in [2.45, 2.75) is 45.8 Å². The Labute approximate surface area is 188 Å². The van der Waals surface area contributed by atoms with Crippen LogP contribution in [0.2, 0.25) is 0 Å². The van der Waals surface area contributed by atoms with Gasteiger partial charge in [-0.2, -0.15) is 0 Å². The largest absolute Gasteiger partial charge is 0.494 e. The molecule has 1 fully saturated rings. The van der Waals surface area contributed by atoms with Gasteiger partial charge in [0.15, 0.2) is 5.17 Å². The van der Waals surface area contributed by atoms with E-state index in [-0.39, 0.29) is 18.2 Å². The molecule has 6 nitrogen and oxygen atoms in total. The minimum atomic E-state index is -0.531. The number of carbonyl (C=O) groups is 2. The van der Waals surface area contributed by atoms with Crippen molar-refractivity contribution in [3.8, 4) is 5.75 Å². The third kappa shape index (κ3) is 5.88. The third-order valence-electron chi connectivity index (χ3n) is 5.06. The van der Waals surface area contributed by atoms with Crippen LogP contribution >= 0.6 is 11.8 Å². The average molecular weight is 440 g/mol. The molecule has 2 aromatic carbocycles. The fourth-order valence-corrected chi connectivity index (χ4v) is 4.30. The number of nitrogens with zero attached hydrogens (tertiary/aromatic N) is 2. The lowest BCUT2D eigenvalue weighted by molar-refractivity contribution is -0.129. The number of thioether (sulfide) groups is 1. The van der Waals surface area contributed by atoms with Gasteiger partial charge < -0.3 is 10.1 Å². The number of rotatable bonds is 7. The summed E-state index contributed by atoms with van der Waals surface area (Å²) in [7, 11) is 0. The summed E-state index contributed by atoms with van der Waals surface area (Å²) in [6.45, 7) is 9.22. The highest BCUT2D eigenvalue weighted by molar-refractivity contribution is 8.15. The smallest absolute Gasteiger partial charge is 0.238 e. The Morgan fingerprint density at radius 1 is 1.16 bits per heavy atom. The minimum Gasteiger partial charge on any atom is -0.494 e. The lowest BCUT2D eigenvalue weighted by atomic mass is 10.1. The minimum absolute atomic E-state index is 0.0905. The van der Waals surface area contributed by atoms with E-state index in [1.165, 1.54) is 17.3 Å². The molecule has 0 spiro atoms. The standard InChI is InChI=1S/C24H29N3O3S/c1-5-13-30-20-11-9-18(10-12-20)25-23(29)21-15-22(28)27(6-2)24(31-21)26-19-8-7-16(3)17(4)14-19/h7-12,14,21H,5-6,13,15H2,1-4H3,(H,25,29)/t21-/m1/s1. The van der Waals surface area contributed by atoms with E-state index in [1.807, 2.05) is 51.1 Å². The van der Waals surface area contributed by atoms with Crippen LogP contribution < -0.4 is 10.1 Å². The van der Waals surface area contributed by atoms with Crippen LogP contribution in [-0.2, 0) is 9.59 Å². The molecule has 1 aliphatic rings. The van der Waals surface area contributed by atoms with E-state index < -0.39 is 5.25 Å². The van der Waals surface area contributed by atoms with Crippen LogP contribution in [-0.4, -0.2) is 40.3 Å². The molecule has 0 saturated carbocycles. The molecule has 1 heterocycles. The molecule has 1 atom stereocenters. The summed E-state index contributed by atoms with van der Waals surface area (Å²) in [6, 6.07) is 13.2. The molecule has 31 heavy (non-hydrogen) atoms. The molecular weight excluding hydrogens is 410 g/mol. The molecule has 0 aliphatic carbocycles. The van der Waals surface area contributed by atoms with Crippen molar-refractivity contribution in [3.05, 3.63) is 53.6 Å². The first-order chi connectivity index (χ1) is 14.9. The Bertz CT molecular complexity index is 973. The zero-order valence-corrected chi connectivity index (χ0v) is 19.3. The Morgan fingerprint density at radius 3 is 2.55 bits per heavy atom. The highest BCUT2D eigenvalue weighted by atomic mass is 32.2. The first-order valence-electron chi connectivity index (χ1n) is 10.6. The predicted molar refractivity (Wildman–Crippen MR) is 127 cm³/mol. The molecule has 0 unspecified atom stereocenters. The number of amides is 2. The van der Waals surface area contributed by atoms with Gasteiger partial charge >= 0.3 is 0 Å². The summed E-state index contributed by atoms with van der Waals surface area (Å²) in [5.74, 6) is 0.472. The Hall–Kier alpha value is -2.80. The van der Waals surface area contributed by atoms with Crippen LogP contribution in [0.25, 0.3) is 0 Å². The molecule has 3 rings (SSSR count). The fraction of sp³-hybridized carbons (Fsp3) is 0.375. The lowest BCUT2D eigenvalue weighted by Gasteiger charge is -2.31. The summed E-state index contributed by atoms with van der Waals surface area (Å²) in [5, 5.41) is 2.94. The SMILES string of the molecule is CCCOc1ccc(NC(=O)[C@H]2CC(=O)N(CC)C(=Nc3ccc(C)c(C)c3)S2)cc1. The number of hydrogen-bond donors (Lipinski definition) is 1. The van der Waals surface area contributed by atoms with Gasteiger partial charge in [-0.05, 0) is 74.7 Å². The van der Waals surface area contributed by atoms with Gasteiger partial charge in [-0.1, -0.05) is 24.8 Å². The summed E-state index contributed by atoms with van der Waals surface area (Å²) in [4.78, 5) is 31.9. The van der Waals surface area contributed by atoms with Gasteiger partial charge in [0.2, 0.25) is 11.8 Å². The molecule has 164 valence electrons. The maximum absolute atomic E-state index is 12.9. The molecule has 1 saturated heterocycles. The maximum atomic E-state index is 12.9. The van der Waals surface area contributed by atoms with Gasteiger partial charge in [-0.15, -0.1) is 0 Å². The topological polar surface area (TPSA) is 71.0 Å². The normalized spacial score (nSPS) is 17.7. The van der Waals surface area contributed by atoms with E-state index in [0.29, 0.717) is 24.0 Å². The molecule has 0 radical (unpaired) electrons. The van der Waals surface area contributed by atoms with E-state index in [0.717, 1.165) is 23.4 Å². The predicted octanol–water partition coefficient (Wildman–Crippen LogP) is 5.07. The second kappa shape index (κ2) is 10.5. The summed E-state index contributed by atoms with van der Waals surface area (Å²) >= 11 is 1.33. The van der Waals surface area contributed by atoms with Gasteiger partial charge in [-0.25, -0.2) is 4.99 Å². The molecule has 2 amide bonds. The van der Waals surface area contributed by atoms with E-state index >= 15 is 0 Å². The zero-order chi connectivity index (χ0) is 22.4. The Balaban J connectivity index is 1.74. The molecule has 1 aliphatic heterocycles. The highest BCUT2D eigenvalue weighted by Gasteiger charge is 2.35. The zero-order valence-electron chi connectivity index (χ0n) is 18.5. The number of aryl methyl sites for hydroxylation is 2. The third-order valence-corrected chi connectivity index (χ3v) is 6.25. The molecular formula is C24H29N3O3S. The van der Waals surface area contributed by atoms with Gasteiger partial charge in [0.1, 0.15) is 11.0 Å². The van der Waals surface area contributed by atoms with Crippen LogP contribution in [0.1, 0.15) is 37.8 Å². The van der Waals surface area contributed by atoms with Crippen LogP contribution in [0.15, 0.2) is 47.5 Å². The second-order valence-corrected chi connectivity index (χ2v) is 8.64. The quantitative estimate of drug-likeness (QED) is 0.654. The van der Waals surface area contributed by atoms with Gasteiger partial charge in [0.25, 0.3) is 0 Å². The van der Waals surface area contributed by atoms with Crippen molar-refractivity contribution in [1.29, 1.82) is 0 Å². The molecule has 1 N–H and O–H groups in total. The van der Waals surface area contributed by atoms with Crippen molar-refractivity contribution in [2.75, 3.05) is 18.5 Å². The van der Waals surface area contributed by atoms with E-state index in [9.17, 15) is 9.59 Å². The fourth-order valence-electron chi connectivity index (χ4n) is 3.14.